The monoisotopic (exact) mass is 286 g/mol. The van der Waals surface area contributed by atoms with Crippen LogP contribution in [-0.2, 0) is 4.79 Å². The van der Waals surface area contributed by atoms with Crippen molar-refractivity contribution in [3.05, 3.63) is 33.3 Å². The second-order valence-electron chi connectivity index (χ2n) is 4.33. The SMILES string of the molecule is O=C(O)CC1(Oc2cc(Cl)ccc2[N+](=O)[O-])CNC1. The molecule has 0 aromatic heterocycles. The van der Waals surface area contributed by atoms with Gasteiger partial charge in [-0.15, -0.1) is 0 Å². The highest BCUT2D eigenvalue weighted by Gasteiger charge is 2.42. The van der Waals surface area contributed by atoms with Crippen molar-refractivity contribution < 1.29 is 19.6 Å². The number of rotatable bonds is 5. The molecular formula is C11H11ClN2O5. The van der Waals surface area contributed by atoms with Gasteiger partial charge >= 0.3 is 11.7 Å². The Balaban J connectivity index is 2.28. The number of nitro groups is 1. The summed E-state index contributed by atoms with van der Waals surface area (Å²) in [5.41, 5.74) is -1.19. The van der Waals surface area contributed by atoms with E-state index in [9.17, 15) is 14.9 Å². The molecule has 0 spiro atoms. The number of carboxylic acids is 1. The van der Waals surface area contributed by atoms with Gasteiger partial charge in [0, 0.05) is 30.2 Å². The van der Waals surface area contributed by atoms with Crippen molar-refractivity contribution in [2.75, 3.05) is 13.1 Å². The molecule has 1 fully saturated rings. The molecule has 7 nitrogen and oxygen atoms in total. The van der Waals surface area contributed by atoms with Crippen molar-refractivity contribution >= 4 is 23.3 Å². The van der Waals surface area contributed by atoms with Crippen LogP contribution in [0.1, 0.15) is 6.42 Å². The normalized spacial score (nSPS) is 16.5. The van der Waals surface area contributed by atoms with Crippen LogP contribution in [0.15, 0.2) is 18.2 Å². The standard InChI is InChI=1S/C11H11ClN2O5/c12-7-1-2-8(14(17)18)9(3-7)19-11(4-10(15)16)5-13-6-11/h1-3,13H,4-6H2,(H,15,16). The van der Waals surface area contributed by atoms with Gasteiger partial charge in [0.2, 0.25) is 0 Å². The summed E-state index contributed by atoms with van der Waals surface area (Å²) in [5, 5.41) is 22.9. The van der Waals surface area contributed by atoms with Crippen molar-refractivity contribution in [1.29, 1.82) is 0 Å². The van der Waals surface area contributed by atoms with Crippen molar-refractivity contribution in [3.8, 4) is 5.75 Å². The predicted molar refractivity (Wildman–Crippen MR) is 66.6 cm³/mol. The van der Waals surface area contributed by atoms with Crippen LogP contribution in [0.4, 0.5) is 5.69 Å². The molecule has 19 heavy (non-hydrogen) atoms. The van der Waals surface area contributed by atoms with E-state index in [2.05, 4.69) is 5.32 Å². The van der Waals surface area contributed by atoms with Crippen molar-refractivity contribution in [2.24, 2.45) is 0 Å². The Hall–Kier alpha value is -1.86. The smallest absolute Gasteiger partial charge is 0.311 e. The molecule has 0 aliphatic carbocycles. The minimum atomic E-state index is -1.02. The average molecular weight is 287 g/mol. The summed E-state index contributed by atoms with van der Waals surface area (Å²) in [6, 6.07) is 3.94. The van der Waals surface area contributed by atoms with Gasteiger partial charge in [0.15, 0.2) is 5.75 Å². The van der Waals surface area contributed by atoms with Gasteiger partial charge in [-0.2, -0.15) is 0 Å². The highest BCUT2D eigenvalue weighted by Crippen LogP contribution is 2.34. The third-order valence-electron chi connectivity index (χ3n) is 2.81. The fraction of sp³-hybridized carbons (Fsp3) is 0.364. The number of ether oxygens (including phenoxy) is 1. The Morgan fingerprint density at radius 2 is 2.26 bits per heavy atom. The maximum absolute atomic E-state index is 10.9. The molecule has 0 saturated carbocycles. The van der Waals surface area contributed by atoms with Crippen LogP contribution < -0.4 is 10.1 Å². The lowest BCUT2D eigenvalue weighted by Crippen LogP contribution is -2.64. The van der Waals surface area contributed by atoms with Gasteiger partial charge < -0.3 is 15.2 Å². The van der Waals surface area contributed by atoms with Crippen LogP contribution in [0.2, 0.25) is 5.02 Å². The number of hydrogen-bond acceptors (Lipinski definition) is 5. The number of carbonyl (C=O) groups is 1. The fourth-order valence-electron chi connectivity index (χ4n) is 1.87. The molecule has 1 aromatic rings. The first-order valence-electron chi connectivity index (χ1n) is 5.47. The van der Waals surface area contributed by atoms with Crippen LogP contribution in [-0.4, -0.2) is 34.7 Å². The lowest BCUT2D eigenvalue weighted by atomic mass is 9.92. The third kappa shape index (κ3) is 2.94. The first kappa shape index (κ1) is 13.6. The zero-order valence-corrected chi connectivity index (χ0v) is 10.5. The van der Waals surface area contributed by atoms with Crippen molar-refractivity contribution in [1.82, 2.24) is 5.32 Å². The molecule has 0 bridgehead atoms. The number of halogens is 1. The lowest BCUT2D eigenvalue weighted by Gasteiger charge is -2.41. The number of nitrogens with one attached hydrogen (secondary N) is 1. The second-order valence-corrected chi connectivity index (χ2v) is 4.76. The summed E-state index contributed by atoms with van der Waals surface area (Å²) in [6.07, 6.45) is -0.232. The molecule has 8 heteroatoms. The molecule has 0 amide bonds. The highest BCUT2D eigenvalue weighted by atomic mass is 35.5. The number of hydrogen-bond donors (Lipinski definition) is 2. The van der Waals surface area contributed by atoms with Crippen LogP contribution in [0.5, 0.6) is 5.75 Å². The first-order valence-corrected chi connectivity index (χ1v) is 5.85. The zero-order chi connectivity index (χ0) is 14.0. The zero-order valence-electron chi connectivity index (χ0n) is 9.76. The van der Waals surface area contributed by atoms with E-state index < -0.39 is 16.5 Å². The summed E-state index contributed by atoms with van der Waals surface area (Å²) >= 11 is 5.78. The molecule has 0 radical (unpaired) electrons. The molecule has 2 N–H and O–H groups in total. The van der Waals surface area contributed by atoms with Crippen LogP contribution in [0.25, 0.3) is 0 Å². The van der Waals surface area contributed by atoms with E-state index in [0.717, 1.165) is 0 Å². The van der Waals surface area contributed by atoms with Crippen molar-refractivity contribution in [2.45, 2.75) is 12.0 Å². The van der Waals surface area contributed by atoms with Gasteiger partial charge in [-0.25, -0.2) is 0 Å². The molecule has 1 heterocycles. The Morgan fingerprint density at radius 1 is 1.58 bits per heavy atom. The number of benzene rings is 1. The average Bonchev–Trinajstić information content (AvgIpc) is 2.25. The maximum Gasteiger partial charge on any atom is 0.311 e. The van der Waals surface area contributed by atoms with Crippen LogP contribution in [0.3, 0.4) is 0 Å². The number of nitro benzene ring substituents is 1. The van der Waals surface area contributed by atoms with Gasteiger partial charge in [0.1, 0.15) is 5.60 Å². The van der Waals surface area contributed by atoms with Gasteiger partial charge in [0.25, 0.3) is 0 Å². The quantitative estimate of drug-likeness (QED) is 0.627. The molecular weight excluding hydrogens is 276 g/mol. The highest BCUT2D eigenvalue weighted by molar-refractivity contribution is 6.30. The summed E-state index contributed by atoms with van der Waals surface area (Å²) in [6.45, 7) is 0.645. The molecule has 102 valence electrons. The molecule has 0 atom stereocenters. The minimum absolute atomic E-state index is 0.0137. The molecule has 1 aliphatic heterocycles. The number of nitrogens with zero attached hydrogens (tertiary/aromatic N) is 1. The minimum Gasteiger partial charge on any atom is -0.481 e. The Kier molecular flexibility index (Phi) is 3.59. The summed E-state index contributed by atoms with van der Waals surface area (Å²) in [7, 11) is 0. The van der Waals surface area contributed by atoms with Gasteiger partial charge in [-0.3, -0.25) is 14.9 Å². The van der Waals surface area contributed by atoms with E-state index in [-0.39, 0.29) is 17.9 Å². The van der Waals surface area contributed by atoms with Gasteiger partial charge in [-0.1, -0.05) is 11.6 Å². The number of carboxylic acid groups (broad SMARTS) is 1. The Labute approximate surface area is 113 Å². The fourth-order valence-corrected chi connectivity index (χ4v) is 2.03. The first-order chi connectivity index (χ1) is 8.92. The van der Waals surface area contributed by atoms with Gasteiger partial charge in [-0.05, 0) is 6.07 Å². The Morgan fingerprint density at radius 3 is 2.74 bits per heavy atom. The van der Waals surface area contributed by atoms with Gasteiger partial charge in [0.05, 0.1) is 11.3 Å². The van der Waals surface area contributed by atoms with E-state index >= 15 is 0 Å². The molecule has 1 aromatic carbocycles. The molecule has 2 rings (SSSR count). The van der Waals surface area contributed by atoms with E-state index in [1.54, 1.807) is 0 Å². The summed E-state index contributed by atoms with van der Waals surface area (Å²) < 4.78 is 5.55. The maximum atomic E-state index is 10.9. The van der Waals surface area contributed by atoms with E-state index in [4.69, 9.17) is 21.4 Å². The predicted octanol–water partition coefficient (Wildman–Crippen LogP) is 1.44. The largest absolute Gasteiger partial charge is 0.481 e. The van der Waals surface area contributed by atoms with E-state index in [1.165, 1.54) is 18.2 Å². The van der Waals surface area contributed by atoms with E-state index in [0.29, 0.717) is 18.1 Å². The van der Waals surface area contributed by atoms with Crippen LogP contribution >= 0.6 is 11.6 Å². The third-order valence-corrected chi connectivity index (χ3v) is 3.05. The topological polar surface area (TPSA) is 102 Å². The molecule has 0 unspecified atom stereocenters. The summed E-state index contributed by atoms with van der Waals surface area (Å²) in [4.78, 5) is 21.1. The van der Waals surface area contributed by atoms with Crippen molar-refractivity contribution in [3.63, 3.8) is 0 Å². The molecule has 1 saturated heterocycles. The second kappa shape index (κ2) is 5.02. The van der Waals surface area contributed by atoms with Crippen LogP contribution in [0, 0.1) is 10.1 Å². The lowest BCUT2D eigenvalue weighted by molar-refractivity contribution is -0.386. The summed E-state index contributed by atoms with van der Waals surface area (Å²) in [5.74, 6) is -1.04. The Bertz CT molecular complexity index is 530. The van der Waals surface area contributed by atoms with E-state index in [1.807, 2.05) is 0 Å². The molecule has 1 aliphatic rings. The number of aliphatic carboxylic acids is 1.